The van der Waals surface area contributed by atoms with Crippen LogP contribution in [0.3, 0.4) is 0 Å². The lowest BCUT2D eigenvalue weighted by Crippen LogP contribution is -2.39. The lowest BCUT2D eigenvalue weighted by Gasteiger charge is -2.23. The van der Waals surface area contributed by atoms with Crippen molar-refractivity contribution in [1.82, 2.24) is 4.98 Å². The molecule has 0 bridgehead atoms. The molecule has 25 heavy (non-hydrogen) atoms. The first-order chi connectivity index (χ1) is 11.7. The van der Waals surface area contributed by atoms with Gasteiger partial charge in [-0.05, 0) is 25.3 Å². The van der Waals surface area contributed by atoms with Crippen LogP contribution in [0.5, 0.6) is 5.75 Å². The molecule has 0 radical (unpaired) electrons. The molecule has 8 heteroatoms. The number of hydrogen-bond donors (Lipinski definition) is 3. The van der Waals surface area contributed by atoms with Crippen molar-refractivity contribution in [3.63, 3.8) is 0 Å². The summed E-state index contributed by atoms with van der Waals surface area (Å²) in [6.45, 7) is 7.59. The van der Waals surface area contributed by atoms with Crippen LogP contribution in [0.4, 0.5) is 17.1 Å². The van der Waals surface area contributed by atoms with E-state index in [1.165, 1.54) is 13.3 Å². The number of carboxylic acids is 1. The quantitative estimate of drug-likeness (QED) is 0.650. The maximum absolute atomic E-state index is 12.0. The summed E-state index contributed by atoms with van der Waals surface area (Å²) in [4.78, 5) is 39.0. The molecule has 0 aliphatic rings. The first kappa shape index (κ1) is 18.4. The van der Waals surface area contributed by atoms with Crippen LogP contribution in [0.25, 0.3) is 0 Å². The lowest BCUT2D eigenvalue weighted by atomic mass is 10.0. The molecule has 1 heterocycles. The number of carboxylic acid groups (broad SMARTS) is 1. The van der Waals surface area contributed by atoms with Gasteiger partial charge in [-0.25, -0.2) is 9.78 Å². The highest BCUT2D eigenvalue weighted by molar-refractivity contribution is 5.93. The van der Waals surface area contributed by atoms with E-state index in [0.717, 1.165) is 0 Å². The Labute approximate surface area is 144 Å². The Bertz CT molecular complexity index is 881. The zero-order valence-corrected chi connectivity index (χ0v) is 14.8. The highest BCUT2D eigenvalue weighted by atomic mass is 16.5. The van der Waals surface area contributed by atoms with E-state index in [9.17, 15) is 19.5 Å². The van der Waals surface area contributed by atoms with E-state index >= 15 is 0 Å². The van der Waals surface area contributed by atoms with Crippen LogP contribution in [-0.2, 0) is 0 Å². The molecule has 0 aliphatic carbocycles. The van der Waals surface area contributed by atoms with Crippen LogP contribution in [0, 0.1) is 12.8 Å². The van der Waals surface area contributed by atoms with Gasteiger partial charge < -0.3 is 20.5 Å². The molecule has 8 nitrogen and oxygen atoms in total. The van der Waals surface area contributed by atoms with Crippen LogP contribution in [0.15, 0.2) is 15.8 Å². The maximum Gasteiger partial charge on any atom is 0.358 e. The number of pyridine rings is 1. The second-order valence-corrected chi connectivity index (χ2v) is 6.21. The van der Waals surface area contributed by atoms with Crippen molar-refractivity contribution >= 4 is 23.0 Å². The van der Waals surface area contributed by atoms with Crippen molar-refractivity contribution in [3.8, 4) is 5.75 Å². The molecule has 0 amide bonds. The molecular formula is C17H21N3O5. The van der Waals surface area contributed by atoms with Crippen molar-refractivity contribution in [3.05, 3.63) is 37.9 Å². The molecule has 1 unspecified atom stereocenters. The molecule has 1 aromatic heterocycles. The summed E-state index contributed by atoms with van der Waals surface area (Å²) in [5.74, 6) is -0.992. The highest BCUT2D eigenvalue weighted by Crippen LogP contribution is 2.34. The Morgan fingerprint density at radius 3 is 2.28 bits per heavy atom. The first-order valence-electron chi connectivity index (χ1n) is 7.82. The SMILES string of the molecule is COc1c(C(=O)O)ncc(C)c1Nc1c(NC(C)C(C)C)c(=O)c1=O. The lowest BCUT2D eigenvalue weighted by molar-refractivity contribution is 0.0686. The summed E-state index contributed by atoms with van der Waals surface area (Å²) in [5.41, 5.74) is -0.366. The molecule has 1 atom stereocenters. The minimum Gasteiger partial charge on any atom is -0.492 e. The molecule has 3 N–H and O–H groups in total. The Morgan fingerprint density at radius 1 is 1.16 bits per heavy atom. The summed E-state index contributed by atoms with van der Waals surface area (Å²) < 4.78 is 5.16. The number of nitrogens with one attached hydrogen (secondary N) is 2. The van der Waals surface area contributed by atoms with E-state index < -0.39 is 16.8 Å². The summed E-state index contributed by atoms with van der Waals surface area (Å²) >= 11 is 0. The van der Waals surface area contributed by atoms with Gasteiger partial charge in [0.05, 0.1) is 12.8 Å². The Balaban J connectivity index is 2.47. The number of anilines is 3. The largest absolute Gasteiger partial charge is 0.492 e. The van der Waals surface area contributed by atoms with Gasteiger partial charge in [0.15, 0.2) is 11.4 Å². The second-order valence-electron chi connectivity index (χ2n) is 6.21. The molecule has 1 aromatic carbocycles. The molecule has 0 aliphatic heterocycles. The van der Waals surface area contributed by atoms with E-state index in [1.807, 2.05) is 20.8 Å². The fourth-order valence-electron chi connectivity index (χ4n) is 2.26. The summed E-state index contributed by atoms with van der Waals surface area (Å²) in [6, 6.07) is -0.0149. The summed E-state index contributed by atoms with van der Waals surface area (Å²) in [6.07, 6.45) is 1.36. The van der Waals surface area contributed by atoms with Crippen LogP contribution in [-0.4, -0.2) is 29.2 Å². The Hall–Kier alpha value is -2.90. The molecule has 2 aromatic rings. The number of aromatic carboxylic acids is 1. The zero-order valence-electron chi connectivity index (χ0n) is 14.8. The van der Waals surface area contributed by atoms with Crippen LogP contribution in [0.1, 0.15) is 36.8 Å². The van der Waals surface area contributed by atoms with Gasteiger partial charge in [-0.15, -0.1) is 0 Å². The number of nitrogens with zero attached hydrogens (tertiary/aromatic N) is 1. The predicted molar refractivity (Wildman–Crippen MR) is 95.0 cm³/mol. The molecule has 134 valence electrons. The fourth-order valence-corrected chi connectivity index (χ4v) is 2.26. The molecular weight excluding hydrogens is 326 g/mol. The van der Waals surface area contributed by atoms with E-state index in [2.05, 4.69) is 15.6 Å². The molecule has 2 rings (SSSR count). The standard InChI is InChI=1S/C17H21N3O5/c1-7(2)9(4)19-11-12(15(22)14(11)21)20-10-8(3)6-18-13(17(23)24)16(10)25-5/h6-7,9,19H,1-5H3,(H,18,20)(H,23,24). The molecule has 0 saturated heterocycles. The van der Waals surface area contributed by atoms with Gasteiger partial charge in [-0.1, -0.05) is 13.8 Å². The van der Waals surface area contributed by atoms with Gasteiger partial charge in [0, 0.05) is 12.2 Å². The van der Waals surface area contributed by atoms with Gasteiger partial charge in [0.2, 0.25) is 0 Å². The minimum absolute atomic E-state index is 0.00315. The van der Waals surface area contributed by atoms with Crippen molar-refractivity contribution in [2.45, 2.75) is 33.7 Å². The van der Waals surface area contributed by atoms with Crippen molar-refractivity contribution in [2.75, 3.05) is 17.7 Å². The Kier molecular flexibility index (Phi) is 5.10. The van der Waals surface area contributed by atoms with Crippen molar-refractivity contribution < 1.29 is 14.6 Å². The molecule has 0 spiro atoms. The number of aryl methyl sites for hydroxylation is 1. The Morgan fingerprint density at radius 2 is 1.76 bits per heavy atom. The third kappa shape index (κ3) is 3.33. The topological polar surface area (TPSA) is 118 Å². The zero-order chi connectivity index (χ0) is 18.9. The van der Waals surface area contributed by atoms with Gasteiger partial charge in [-0.2, -0.15) is 0 Å². The first-order valence-corrected chi connectivity index (χ1v) is 7.82. The minimum atomic E-state index is -1.25. The number of ether oxygens (including phenoxy) is 1. The van der Waals surface area contributed by atoms with Crippen LogP contribution >= 0.6 is 0 Å². The average Bonchev–Trinajstić information content (AvgIpc) is 2.57. The fraction of sp³-hybridized carbons (Fsp3) is 0.412. The maximum atomic E-state index is 12.0. The van der Waals surface area contributed by atoms with E-state index in [-0.39, 0.29) is 34.8 Å². The number of methoxy groups -OCH3 is 1. The number of carbonyl (C=O) groups is 1. The molecule has 0 saturated carbocycles. The monoisotopic (exact) mass is 347 g/mol. The number of rotatable bonds is 7. The average molecular weight is 347 g/mol. The smallest absolute Gasteiger partial charge is 0.358 e. The number of hydrogen-bond acceptors (Lipinski definition) is 7. The summed E-state index contributed by atoms with van der Waals surface area (Å²) in [7, 11) is 1.32. The van der Waals surface area contributed by atoms with Gasteiger partial charge in [-0.3, -0.25) is 9.59 Å². The third-order valence-electron chi connectivity index (χ3n) is 4.16. The molecule has 0 fully saturated rings. The van der Waals surface area contributed by atoms with E-state index in [1.54, 1.807) is 6.92 Å². The second kappa shape index (κ2) is 6.92. The highest BCUT2D eigenvalue weighted by Gasteiger charge is 2.26. The van der Waals surface area contributed by atoms with Crippen molar-refractivity contribution in [2.24, 2.45) is 5.92 Å². The summed E-state index contributed by atoms with van der Waals surface area (Å²) in [5, 5.41) is 15.1. The van der Waals surface area contributed by atoms with Gasteiger partial charge >= 0.3 is 5.97 Å². The van der Waals surface area contributed by atoms with E-state index in [4.69, 9.17) is 4.74 Å². The predicted octanol–water partition coefficient (Wildman–Crippen LogP) is 1.89. The van der Waals surface area contributed by atoms with Gasteiger partial charge in [0.25, 0.3) is 10.9 Å². The normalized spacial score (nSPS) is 12.2. The number of aromatic nitrogens is 1. The van der Waals surface area contributed by atoms with Crippen LogP contribution < -0.4 is 26.2 Å². The van der Waals surface area contributed by atoms with Gasteiger partial charge in [0.1, 0.15) is 11.4 Å². The third-order valence-corrected chi connectivity index (χ3v) is 4.16. The van der Waals surface area contributed by atoms with Crippen molar-refractivity contribution in [1.29, 1.82) is 0 Å². The van der Waals surface area contributed by atoms with E-state index in [0.29, 0.717) is 11.3 Å². The van der Waals surface area contributed by atoms with Crippen LogP contribution in [0.2, 0.25) is 0 Å².